The first-order chi connectivity index (χ1) is 16.1. The number of ether oxygens (including phenoxy) is 4. The Labute approximate surface area is 191 Å². The second-order valence-corrected chi connectivity index (χ2v) is 7.31. The summed E-state index contributed by atoms with van der Waals surface area (Å²) in [4.78, 5) is 24.8. The number of anilines is 3. The van der Waals surface area contributed by atoms with Gasteiger partial charge in [0.2, 0.25) is 11.9 Å². The zero-order valence-electron chi connectivity index (χ0n) is 18.2. The molecule has 0 spiro atoms. The van der Waals surface area contributed by atoms with Crippen LogP contribution < -0.4 is 20.5 Å². The van der Waals surface area contributed by atoms with Crippen molar-refractivity contribution >= 4 is 23.6 Å². The van der Waals surface area contributed by atoms with Gasteiger partial charge in [-0.1, -0.05) is 12.1 Å². The molecule has 10 nitrogen and oxygen atoms in total. The molecule has 10 heteroatoms. The normalized spacial score (nSPS) is 15.1. The Bertz CT molecular complexity index is 1090. The predicted molar refractivity (Wildman–Crippen MR) is 121 cm³/mol. The minimum atomic E-state index is -0.515. The van der Waals surface area contributed by atoms with E-state index in [1.807, 2.05) is 18.2 Å². The second-order valence-electron chi connectivity index (χ2n) is 7.31. The number of hydrogen-bond acceptors (Lipinski definition) is 10. The maximum Gasteiger partial charge on any atom is 0.338 e. The van der Waals surface area contributed by atoms with Gasteiger partial charge in [0.15, 0.2) is 12.4 Å². The largest absolute Gasteiger partial charge is 0.495 e. The molecule has 4 rings (SSSR count). The van der Waals surface area contributed by atoms with E-state index in [-0.39, 0.29) is 30.4 Å². The Balaban J connectivity index is 1.34. The number of nitrogens with two attached hydrogens (primary N) is 1. The molecule has 3 aromatic rings. The number of carbonyl (C=O) groups is 1. The highest BCUT2D eigenvalue weighted by Crippen LogP contribution is 2.25. The van der Waals surface area contributed by atoms with Gasteiger partial charge < -0.3 is 30.0 Å². The summed E-state index contributed by atoms with van der Waals surface area (Å²) in [6, 6.07) is 14.0. The van der Waals surface area contributed by atoms with Crippen LogP contribution >= 0.6 is 0 Å². The monoisotopic (exact) mass is 451 g/mol. The molecule has 0 aliphatic carbocycles. The second kappa shape index (κ2) is 10.6. The van der Waals surface area contributed by atoms with E-state index in [0.717, 1.165) is 19.4 Å². The summed E-state index contributed by atoms with van der Waals surface area (Å²) in [5, 5.41) is 3.03. The number of carbonyl (C=O) groups excluding carboxylic acids is 1. The standard InChI is InChI=1S/C23H25N5O5/c1-30-19-7-3-2-6-18(19)25-23-27-20(26-22(24)28-23)14-33-21(29)15-8-10-16(11-9-15)32-13-17-5-4-12-31-17/h2-3,6-11,17H,4-5,12-14H2,1H3,(H3,24,25,26,27,28)/t17-/m0/s1. The van der Waals surface area contributed by atoms with Gasteiger partial charge >= 0.3 is 5.97 Å². The number of nitrogen functional groups attached to an aromatic ring is 1. The summed E-state index contributed by atoms with van der Waals surface area (Å²) in [5.41, 5.74) is 6.84. The van der Waals surface area contributed by atoms with Crippen LogP contribution in [-0.2, 0) is 16.1 Å². The molecule has 1 atom stereocenters. The third kappa shape index (κ3) is 6.07. The van der Waals surface area contributed by atoms with E-state index in [0.29, 0.717) is 29.4 Å². The maximum absolute atomic E-state index is 12.4. The number of para-hydroxylation sites is 2. The minimum Gasteiger partial charge on any atom is -0.495 e. The van der Waals surface area contributed by atoms with E-state index in [4.69, 9.17) is 24.7 Å². The number of nitrogens with one attached hydrogen (secondary N) is 1. The number of rotatable bonds is 9. The minimum absolute atomic E-state index is 0.00110. The molecule has 0 bridgehead atoms. The highest BCUT2D eigenvalue weighted by atomic mass is 16.5. The first kappa shape index (κ1) is 22.3. The van der Waals surface area contributed by atoms with E-state index in [9.17, 15) is 4.79 Å². The Hall–Kier alpha value is -3.92. The first-order valence-corrected chi connectivity index (χ1v) is 10.5. The Morgan fingerprint density at radius 2 is 1.97 bits per heavy atom. The van der Waals surface area contributed by atoms with Crippen LogP contribution in [0.3, 0.4) is 0 Å². The van der Waals surface area contributed by atoms with Gasteiger partial charge in [-0.15, -0.1) is 0 Å². The van der Waals surface area contributed by atoms with Crippen molar-refractivity contribution in [1.82, 2.24) is 15.0 Å². The molecular formula is C23H25N5O5. The zero-order valence-corrected chi connectivity index (χ0v) is 18.2. The van der Waals surface area contributed by atoms with Crippen LogP contribution in [0.15, 0.2) is 48.5 Å². The Morgan fingerprint density at radius 1 is 1.15 bits per heavy atom. The number of benzene rings is 2. The molecule has 1 aromatic heterocycles. The summed E-state index contributed by atoms with van der Waals surface area (Å²) in [6.07, 6.45) is 2.19. The van der Waals surface area contributed by atoms with Gasteiger partial charge in [-0.25, -0.2) is 4.79 Å². The van der Waals surface area contributed by atoms with Gasteiger partial charge in [0.1, 0.15) is 18.1 Å². The molecule has 1 fully saturated rings. The van der Waals surface area contributed by atoms with Crippen molar-refractivity contribution in [2.24, 2.45) is 0 Å². The molecule has 0 amide bonds. The number of methoxy groups -OCH3 is 1. The summed E-state index contributed by atoms with van der Waals surface area (Å²) < 4.78 is 21.9. The lowest BCUT2D eigenvalue weighted by Crippen LogP contribution is -2.16. The summed E-state index contributed by atoms with van der Waals surface area (Å²) in [7, 11) is 1.57. The van der Waals surface area contributed by atoms with Crippen LogP contribution in [0.4, 0.5) is 17.6 Å². The van der Waals surface area contributed by atoms with Crippen LogP contribution in [-0.4, -0.2) is 47.3 Å². The van der Waals surface area contributed by atoms with Gasteiger partial charge in [-0.05, 0) is 49.2 Å². The predicted octanol–water partition coefficient (Wildman–Crippen LogP) is 3.12. The molecule has 1 aliphatic rings. The quantitative estimate of drug-likeness (QED) is 0.468. The fraction of sp³-hybridized carbons (Fsp3) is 0.304. The van der Waals surface area contributed by atoms with Crippen LogP contribution in [0.25, 0.3) is 0 Å². The topological polar surface area (TPSA) is 131 Å². The fourth-order valence-electron chi connectivity index (χ4n) is 3.29. The molecule has 1 saturated heterocycles. The summed E-state index contributed by atoms with van der Waals surface area (Å²) >= 11 is 0. The maximum atomic E-state index is 12.4. The van der Waals surface area contributed by atoms with Crippen molar-refractivity contribution < 1.29 is 23.7 Å². The fourth-order valence-corrected chi connectivity index (χ4v) is 3.29. The van der Waals surface area contributed by atoms with E-state index in [1.54, 1.807) is 37.4 Å². The summed E-state index contributed by atoms with van der Waals surface area (Å²) in [6.45, 7) is 1.11. The van der Waals surface area contributed by atoms with E-state index >= 15 is 0 Å². The molecule has 1 aliphatic heterocycles. The van der Waals surface area contributed by atoms with Gasteiger partial charge in [-0.2, -0.15) is 15.0 Å². The molecule has 3 N–H and O–H groups in total. The average Bonchev–Trinajstić information content (AvgIpc) is 3.35. The van der Waals surface area contributed by atoms with E-state index < -0.39 is 5.97 Å². The summed E-state index contributed by atoms with van der Waals surface area (Å²) in [5.74, 6) is 1.20. The van der Waals surface area contributed by atoms with E-state index in [1.165, 1.54) is 0 Å². The van der Waals surface area contributed by atoms with Gasteiger partial charge in [0.05, 0.1) is 24.5 Å². The van der Waals surface area contributed by atoms with Crippen LogP contribution in [0.5, 0.6) is 11.5 Å². The molecule has 33 heavy (non-hydrogen) atoms. The molecule has 2 aromatic carbocycles. The van der Waals surface area contributed by atoms with Gasteiger partial charge in [0, 0.05) is 6.61 Å². The lowest BCUT2D eigenvalue weighted by Gasteiger charge is -2.12. The SMILES string of the molecule is COc1ccccc1Nc1nc(N)nc(COC(=O)c2ccc(OC[C@@H]3CCCO3)cc2)n1. The molecule has 0 unspecified atom stereocenters. The van der Waals surface area contributed by atoms with Crippen molar-refractivity contribution in [2.75, 3.05) is 31.4 Å². The van der Waals surface area contributed by atoms with Crippen molar-refractivity contribution in [1.29, 1.82) is 0 Å². The highest BCUT2D eigenvalue weighted by molar-refractivity contribution is 5.89. The van der Waals surface area contributed by atoms with Crippen molar-refractivity contribution in [2.45, 2.75) is 25.6 Å². The molecule has 172 valence electrons. The van der Waals surface area contributed by atoms with E-state index in [2.05, 4.69) is 20.3 Å². The number of nitrogens with zero attached hydrogens (tertiary/aromatic N) is 3. The zero-order chi connectivity index (χ0) is 23.0. The van der Waals surface area contributed by atoms with Crippen molar-refractivity contribution in [3.05, 3.63) is 59.9 Å². The van der Waals surface area contributed by atoms with Crippen molar-refractivity contribution in [3.8, 4) is 11.5 Å². The molecular weight excluding hydrogens is 426 g/mol. The Morgan fingerprint density at radius 3 is 2.73 bits per heavy atom. The first-order valence-electron chi connectivity index (χ1n) is 10.5. The molecule has 0 radical (unpaired) electrons. The highest BCUT2D eigenvalue weighted by Gasteiger charge is 2.16. The van der Waals surface area contributed by atoms with Crippen LogP contribution in [0.1, 0.15) is 29.0 Å². The third-order valence-electron chi connectivity index (χ3n) is 4.93. The number of esters is 1. The van der Waals surface area contributed by atoms with Gasteiger partial charge in [-0.3, -0.25) is 0 Å². The lowest BCUT2D eigenvalue weighted by atomic mass is 10.2. The average molecular weight is 451 g/mol. The molecule has 2 heterocycles. The van der Waals surface area contributed by atoms with Crippen molar-refractivity contribution in [3.63, 3.8) is 0 Å². The van der Waals surface area contributed by atoms with Crippen LogP contribution in [0, 0.1) is 0 Å². The Kier molecular flexibility index (Phi) is 7.16. The number of hydrogen-bond donors (Lipinski definition) is 2. The van der Waals surface area contributed by atoms with Crippen LogP contribution in [0.2, 0.25) is 0 Å². The third-order valence-corrected chi connectivity index (χ3v) is 4.93. The smallest absolute Gasteiger partial charge is 0.338 e. The number of aromatic nitrogens is 3. The van der Waals surface area contributed by atoms with Gasteiger partial charge in [0.25, 0.3) is 0 Å². The lowest BCUT2D eigenvalue weighted by molar-refractivity contribution is 0.0461. The molecule has 0 saturated carbocycles.